The van der Waals surface area contributed by atoms with Crippen LogP contribution in [0.1, 0.15) is 0 Å². The van der Waals surface area contributed by atoms with Gasteiger partial charge in [-0.05, 0) is 23.3 Å². The molecule has 2 aromatic rings. The van der Waals surface area contributed by atoms with Gasteiger partial charge >= 0.3 is 0 Å². The molecule has 4 atom stereocenters. The average molecular weight is 317 g/mol. The first-order valence-corrected chi connectivity index (χ1v) is 8.11. The number of rotatable bonds is 2. The largest absolute Gasteiger partial charge is 0.365 e. The van der Waals surface area contributed by atoms with Crippen LogP contribution in [0.5, 0.6) is 0 Å². The van der Waals surface area contributed by atoms with Crippen LogP contribution in [0, 0.1) is 11.8 Å². The van der Waals surface area contributed by atoms with E-state index >= 15 is 0 Å². The Bertz CT molecular complexity index is 826. The van der Waals surface area contributed by atoms with Gasteiger partial charge in [-0.25, -0.2) is 4.90 Å². The van der Waals surface area contributed by atoms with Gasteiger partial charge in [0.25, 0.3) is 0 Å². The minimum atomic E-state index is -0.360. The number of hydrogen-bond donors (Lipinski definition) is 0. The molecule has 4 nitrogen and oxygen atoms in total. The summed E-state index contributed by atoms with van der Waals surface area (Å²) in [4.78, 5) is 26.8. The number of benzene rings is 2. The second kappa shape index (κ2) is 4.89. The summed E-state index contributed by atoms with van der Waals surface area (Å²) in [6.07, 6.45) is 3.31. The van der Waals surface area contributed by atoms with Crippen molar-refractivity contribution in [2.45, 2.75) is 12.2 Å². The third-order valence-electron chi connectivity index (χ3n) is 5.14. The lowest BCUT2D eigenvalue weighted by Gasteiger charge is -2.18. The molecule has 3 aliphatic heterocycles. The zero-order valence-corrected chi connectivity index (χ0v) is 12.8. The van der Waals surface area contributed by atoms with E-state index in [2.05, 4.69) is 0 Å². The highest BCUT2D eigenvalue weighted by molar-refractivity contribution is 6.23. The van der Waals surface area contributed by atoms with E-state index in [4.69, 9.17) is 4.74 Å². The zero-order valence-electron chi connectivity index (χ0n) is 12.8. The number of carbonyl (C=O) groups is 2. The van der Waals surface area contributed by atoms with Gasteiger partial charge in [0, 0.05) is 0 Å². The van der Waals surface area contributed by atoms with E-state index in [1.165, 1.54) is 4.90 Å². The van der Waals surface area contributed by atoms with Crippen LogP contribution in [0.2, 0.25) is 0 Å². The van der Waals surface area contributed by atoms with Gasteiger partial charge in [-0.15, -0.1) is 0 Å². The highest BCUT2D eigenvalue weighted by atomic mass is 16.5. The number of fused-ring (bicyclic) bond motifs is 5. The Labute approximate surface area is 139 Å². The number of hydrogen-bond acceptors (Lipinski definition) is 3. The van der Waals surface area contributed by atoms with Crippen LogP contribution < -0.4 is 4.90 Å². The summed E-state index contributed by atoms with van der Waals surface area (Å²) in [6.45, 7) is 0. The lowest BCUT2D eigenvalue weighted by molar-refractivity contribution is -0.124. The molecule has 3 aliphatic rings. The van der Waals surface area contributed by atoms with Crippen molar-refractivity contribution in [3.63, 3.8) is 0 Å². The molecule has 2 saturated heterocycles. The maximum Gasteiger partial charge on any atom is 0.240 e. The van der Waals surface area contributed by atoms with Gasteiger partial charge in [-0.3, -0.25) is 9.59 Å². The summed E-state index contributed by atoms with van der Waals surface area (Å²) in [5.74, 6) is -1.01. The Hall–Kier alpha value is -2.72. The molecule has 2 aromatic carbocycles. The molecule has 118 valence electrons. The highest BCUT2D eigenvalue weighted by Gasteiger charge is 2.60. The van der Waals surface area contributed by atoms with Crippen LogP contribution in [0.3, 0.4) is 0 Å². The average Bonchev–Trinajstić information content (AvgIpc) is 3.30. The van der Waals surface area contributed by atoms with Gasteiger partial charge < -0.3 is 4.74 Å². The molecule has 0 N–H and O–H groups in total. The predicted molar refractivity (Wildman–Crippen MR) is 89.2 cm³/mol. The van der Waals surface area contributed by atoms with Crippen LogP contribution in [0.25, 0.3) is 11.1 Å². The third-order valence-corrected chi connectivity index (χ3v) is 5.14. The summed E-state index contributed by atoms with van der Waals surface area (Å²) in [5.41, 5.74) is 2.80. The fraction of sp³-hybridized carbons (Fsp3) is 0.200. The first kappa shape index (κ1) is 13.7. The quantitative estimate of drug-likeness (QED) is 0.632. The van der Waals surface area contributed by atoms with E-state index in [0.717, 1.165) is 11.1 Å². The molecular formula is C20H15NO3. The van der Waals surface area contributed by atoms with Crippen molar-refractivity contribution in [3.8, 4) is 11.1 Å². The van der Waals surface area contributed by atoms with Crippen molar-refractivity contribution in [1.29, 1.82) is 0 Å². The molecule has 5 rings (SSSR count). The molecule has 0 spiro atoms. The fourth-order valence-electron chi connectivity index (χ4n) is 3.99. The topological polar surface area (TPSA) is 46.6 Å². The molecule has 2 fully saturated rings. The molecule has 0 aliphatic carbocycles. The molecule has 2 bridgehead atoms. The third kappa shape index (κ3) is 1.77. The molecule has 4 unspecified atom stereocenters. The molecular weight excluding hydrogens is 302 g/mol. The highest BCUT2D eigenvalue weighted by Crippen LogP contribution is 2.46. The van der Waals surface area contributed by atoms with Gasteiger partial charge in [0.05, 0.1) is 29.7 Å². The number of carbonyl (C=O) groups excluding carboxylic acids is 2. The summed E-state index contributed by atoms with van der Waals surface area (Å²) < 4.78 is 5.66. The fourth-order valence-corrected chi connectivity index (χ4v) is 3.99. The number of anilines is 1. The molecule has 2 amide bonds. The van der Waals surface area contributed by atoms with E-state index < -0.39 is 0 Å². The van der Waals surface area contributed by atoms with Crippen molar-refractivity contribution in [1.82, 2.24) is 0 Å². The SMILES string of the molecule is O=C1C2C3C=CC(O3)C2C(=O)N1c1ccc(-c2ccccc2)cc1. The maximum absolute atomic E-state index is 12.7. The van der Waals surface area contributed by atoms with Gasteiger partial charge in [0.2, 0.25) is 11.8 Å². The minimum absolute atomic E-state index is 0.144. The van der Waals surface area contributed by atoms with Crippen molar-refractivity contribution in [2.75, 3.05) is 4.90 Å². The van der Waals surface area contributed by atoms with E-state index in [-0.39, 0.29) is 35.9 Å². The van der Waals surface area contributed by atoms with Crippen molar-refractivity contribution < 1.29 is 14.3 Å². The van der Waals surface area contributed by atoms with Crippen molar-refractivity contribution >= 4 is 17.5 Å². The summed E-state index contributed by atoms with van der Waals surface area (Å²) in [5, 5.41) is 0. The molecule has 4 heteroatoms. The second-order valence-corrected chi connectivity index (χ2v) is 6.43. The van der Waals surface area contributed by atoms with E-state index in [0.29, 0.717) is 5.69 Å². The standard InChI is InChI=1S/C20H15NO3/c22-19-17-15-10-11-16(24-15)18(17)20(23)21(19)14-8-6-13(7-9-14)12-4-2-1-3-5-12/h1-11,15-18H. The summed E-state index contributed by atoms with van der Waals surface area (Å²) in [6, 6.07) is 17.6. The van der Waals surface area contributed by atoms with Crippen molar-refractivity contribution in [2.24, 2.45) is 11.8 Å². The molecule has 3 heterocycles. The molecule has 0 saturated carbocycles. The van der Waals surface area contributed by atoms with E-state index in [1.807, 2.05) is 66.7 Å². The van der Waals surface area contributed by atoms with Gasteiger partial charge in [-0.2, -0.15) is 0 Å². The predicted octanol–water partition coefficient (Wildman–Crippen LogP) is 2.80. The number of ether oxygens (including phenoxy) is 1. The lowest BCUT2D eigenvalue weighted by atomic mass is 9.85. The van der Waals surface area contributed by atoms with E-state index in [9.17, 15) is 9.59 Å². The number of imide groups is 1. The monoisotopic (exact) mass is 317 g/mol. The van der Waals surface area contributed by atoms with E-state index in [1.54, 1.807) is 0 Å². The minimum Gasteiger partial charge on any atom is -0.365 e. The van der Waals surface area contributed by atoms with Gasteiger partial charge in [0.1, 0.15) is 0 Å². The normalized spacial score (nSPS) is 30.2. The van der Waals surface area contributed by atoms with Crippen LogP contribution >= 0.6 is 0 Å². The molecule has 24 heavy (non-hydrogen) atoms. The van der Waals surface area contributed by atoms with Gasteiger partial charge in [0.15, 0.2) is 0 Å². The Morgan fingerprint density at radius 3 is 1.83 bits per heavy atom. The first-order valence-electron chi connectivity index (χ1n) is 8.11. The Kier molecular flexibility index (Phi) is 2.79. The van der Waals surface area contributed by atoms with Gasteiger partial charge in [-0.1, -0.05) is 54.6 Å². The zero-order chi connectivity index (χ0) is 16.3. The van der Waals surface area contributed by atoms with Crippen LogP contribution in [0.4, 0.5) is 5.69 Å². The lowest BCUT2D eigenvalue weighted by Crippen LogP contribution is -2.34. The first-order chi connectivity index (χ1) is 11.7. The number of amides is 2. The molecule has 0 radical (unpaired) electrons. The maximum atomic E-state index is 12.7. The Morgan fingerprint density at radius 1 is 0.708 bits per heavy atom. The summed E-state index contributed by atoms with van der Waals surface area (Å²) >= 11 is 0. The van der Waals surface area contributed by atoms with Crippen molar-refractivity contribution in [3.05, 3.63) is 66.7 Å². The number of nitrogens with zero attached hydrogens (tertiary/aromatic N) is 1. The Balaban J connectivity index is 1.47. The smallest absolute Gasteiger partial charge is 0.240 e. The van der Waals surface area contributed by atoms with Crippen LogP contribution in [-0.2, 0) is 14.3 Å². The summed E-state index contributed by atoms with van der Waals surface area (Å²) in [7, 11) is 0. The second-order valence-electron chi connectivity index (χ2n) is 6.43. The Morgan fingerprint density at radius 2 is 1.25 bits per heavy atom. The van der Waals surface area contributed by atoms with Crippen LogP contribution in [0.15, 0.2) is 66.7 Å². The van der Waals surface area contributed by atoms with Crippen LogP contribution in [-0.4, -0.2) is 24.0 Å². The molecule has 0 aromatic heterocycles.